The van der Waals surface area contributed by atoms with Crippen molar-refractivity contribution in [1.29, 1.82) is 5.26 Å². The van der Waals surface area contributed by atoms with Crippen molar-refractivity contribution < 1.29 is 27.4 Å². The van der Waals surface area contributed by atoms with E-state index in [1.165, 1.54) is 25.1 Å². The van der Waals surface area contributed by atoms with Gasteiger partial charge in [-0.15, -0.1) is 0 Å². The predicted octanol–water partition coefficient (Wildman–Crippen LogP) is 5.25. The highest BCUT2D eigenvalue weighted by atomic mass is 35.5. The predicted molar refractivity (Wildman–Crippen MR) is 86.4 cm³/mol. The number of aromatic nitrogens is 1. The molecule has 0 saturated heterocycles. The number of pyridine rings is 1. The molecule has 2 rings (SSSR count). The molecule has 0 fully saturated rings. The Bertz CT molecular complexity index is 875. The summed E-state index contributed by atoms with van der Waals surface area (Å²) in [6.45, 7) is 1.29. The van der Waals surface area contributed by atoms with E-state index < -0.39 is 34.8 Å². The molecule has 0 atom stereocenters. The highest BCUT2D eigenvalue weighted by Crippen LogP contribution is 2.36. The maximum Gasteiger partial charge on any atom is 0.434 e. The molecule has 0 aliphatic heterocycles. The molecular weight excluding hydrogens is 396 g/mol. The highest BCUT2D eigenvalue weighted by Gasteiger charge is 2.39. The van der Waals surface area contributed by atoms with Crippen molar-refractivity contribution >= 4 is 29.2 Å². The summed E-state index contributed by atoms with van der Waals surface area (Å²) in [4.78, 5) is 15.1. The van der Waals surface area contributed by atoms with Crippen LogP contribution in [0, 0.1) is 11.3 Å². The number of nitrogens with zero attached hydrogens (tertiary/aromatic N) is 2. The number of rotatable bonds is 4. The third kappa shape index (κ3) is 4.56. The van der Waals surface area contributed by atoms with Gasteiger partial charge in [0, 0.05) is 10.0 Å². The van der Waals surface area contributed by atoms with Gasteiger partial charge in [-0.25, -0.2) is 9.78 Å². The lowest BCUT2D eigenvalue weighted by Gasteiger charge is -2.14. The van der Waals surface area contributed by atoms with Crippen LogP contribution in [0.1, 0.15) is 28.5 Å². The van der Waals surface area contributed by atoms with Gasteiger partial charge in [-0.3, -0.25) is 0 Å². The number of benzene rings is 1. The first-order valence-corrected chi connectivity index (χ1v) is 7.74. The van der Waals surface area contributed by atoms with Gasteiger partial charge in [-0.1, -0.05) is 23.2 Å². The molecule has 2 aromatic rings. The van der Waals surface area contributed by atoms with Gasteiger partial charge in [0.1, 0.15) is 17.4 Å². The Hall–Kier alpha value is -2.50. The number of nitriles is 1. The van der Waals surface area contributed by atoms with Crippen LogP contribution in [0.5, 0.6) is 11.6 Å². The second kappa shape index (κ2) is 7.81. The summed E-state index contributed by atoms with van der Waals surface area (Å²) in [5.74, 6) is -1.92. The summed E-state index contributed by atoms with van der Waals surface area (Å²) >= 11 is 11.6. The van der Waals surface area contributed by atoms with Gasteiger partial charge in [-0.2, -0.15) is 18.4 Å². The number of hydrogen-bond donors (Lipinski definition) is 0. The van der Waals surface area contributed by atoms with Crippen molar-refractivity contribution in [2.75, 3.05) is 6.61 Å². The van der Waals surface area contributed by atoms with E-state index in [0.717, 1.165) is 6.07 Å². The molecule has 1 aromatic heterocycles. The van der Waals surface area contributed by atoms with Crippen molar-refractivity contribution in [3.8, 4) is 17.7 Å². The smallest absolute Gasteiger partial charge is 0.434 e. The molecule has 1 heterocycles. The lowest BCUT2D eigenvalue weighted by atomic mass is 10.1. The lowest BCUT2D eigenvalue weighted by molar-refractivity contribution is -0.141. The third-order valence-corrected chi connectivity index (χ3v) is 3.36. The Balaban J connectivity index is 2.59. The van der Waals surface area contributed by atoms with E-state index in [1.54, 1.807) is 6.07 Å². The van der Waals surface area contributed by atoms with Crippen LogP contribution in [-0.2, 0) is 10.9 Å². The van der Waals surface area contributed by atoms with Crippen LogP contribution in [0.15, 0.2) is 24.3 Å². The zero-order chi connectivity index (χ0) is 19.5. The first-order chi connectivity index (χ1) is 12.2. The fourth-order valence-electron chi connectivity index (χ4n) is 1.93. The number of ether oxygens (including phenoxy) is 2. The molecule has 0 unspecified atom stereocenters. The Morgan fingerprint density at radius 3 is 2.35 bits per heavy atom. The second-order valence-corrected chi connectivity index (χ2v) is 5.65. The Labute approximate surface area is 155 Å². The zero-order valence-electron chi connectivity index (χ0n) is 13.0. The van der Waals surface area contributed by atoms with Crippen molar-refractivity contribution in [1.82, 2.24) is 4.98 Å². The monoisotopic (exact) mass is 404 g/mol. The molecule has 0 spiro atoms. The first kappa shape index (κ1) is 19.8. The van der Waals surface area contributed by atoms with E-state index in [9.17, 15) is 23.2 Å². The summed E-state index contributed by atoms with van der Waals surface area (Å²) in [7, 11) is 0. The zero-order valence-corrected chi connectivity index (χ0v) is 14.5. The van der Waals surface area contributed by atoms with Crippen LogP contribution < -0.4 is 4.74 Å². The Morgan fingerprint density at radius 2 is 1.85 bits per heavy atom. The molecule has 10 heteroatoms. The van der Waals surface area contributed by atoms with Gasteiger partial charge in [0.05, 0.1) is 12.2 Å². The molecular formula is C16H9Cl2F3N2O3. The van der Waals surface area contributed by atoms with Crippen LogP contribution in [0.3, 0.4) is 0 Å². The number of hydrogen-bond acceptors (Lipinski definition) is 5. The summed E-state index contributed by atoms with van der Waals surface area (Å²) < 4.78 is 49.7. The molecule has 1 aromatic carbocycles. The summed E-state index contributed by atoms with van der Waals surface area (Å²) in [6.07, 6.45) is -4.97. The number of esters is 1. The van der Waals surface area contributed by atoms with E-state index in [0.29, 0.717) is 0 Å². The van der Waals surface area contributed by atoms with Crippen LogP contribution in [0.25, 0.3) is 0 Å². The SMILES string of the molecule is CCOC(=O)c1cc(C#N)c(Oc2cc(Cl)cc(Cl)c2)nc1C(F)(F)F. The lowest BCUT2D eigenvalue weighted by Crippen LogP contribution is -2.18. The van der Waals surface area contributed by atoms with E-state index >= 15 is 0 Å². The van der Waals surface area contributed by atoms with Crippen molar-refractivity contribution in [2.24, 2.45) is 0 Å². The van der Waals surface area contributed by atoms with Gasteiger partial charge in [0.25, 0.3) is 0 Å². The van der Waals surface area contributed by atoms with E-state index in [-0.39, 0.29) is 22.4 Å². The van der Waals surface area contributed by atoms with Gasteiger partial charge >= 0.3 is 12.1 Å². The summed E-state index contributed by atoms with van der Waals surface area (Å²) in [5.41, 5.74) is -2.80. The number of carbonyl (C=O) groups excluding carboxylic acids is 1. The Kier molecular flexibility index (Phi) is 5.95. The standard InChI is InChI=1S/C16H9Cl2F3N2O3/c1-2-25-15(24)12-3-8(7-22)14(23-13(12)16(19,20)21)26-11-5-9(17)4-10(18)6-11/h3-6H,2H2,1H3. The maximum atomic E-state index is 13.3. The van der Waals surface area contributed by atoms with Crippen molar-refractivity contribution in [2.45, 2.75) is 13.1 Å². The molecule has 5 nitrogen and oxygen atoms in total. The fourth-order valence-corrected chi connectivity index (χ4v) is 2.44. The average molecular weight is 405 g/mol. The van der Waals surface area contributed by atoms with Crippen LogP contribution in [0.4, 0.5) is 13.2 Å². The van der Waals surface area contributed by atoms with E-state index in [4.69, 9.17) is 27.9 Å². The largest absolute Gasteiger partial charge is 0.462 e. The third-order valence-electron chi connectivity index (χ3n) is 2.92. The first-order valence-electron chi connectivity index (χ1n) is 6.99. The normalized spacial score (nSPS) is 11.0. The number of halogens is 5. The molecule has 0 aliphatic carbocycles. The minimum atomic E-state index is -4.97. The molecule has 0 saturated carbocycles. The number of alkyl halides is 3. The van der Waals surface area contributed by atoms with E-state index in [2.05, 4.69) is 9.72 Å². The van der Waals surface area contributed by atoms with Crippen LogP contribution in [-0.4, -0.2) is 17.6 Å². The summed E-state index contributed by atoms with van der Waals surface area (Å²) in [6, 6.07) is 6.30. The quantitative estimate of drug-likeness (QED) is 0.650. The molecule has 136 valence electrons. The molecule has 0 bridgehead atoms. The Morgan fingerprint density at radius 1 is 1.23 bits per heavy atom. The van der Waals surface area contributed by atoms with Crippen LogP contribution >= 0.6 is 23.2 Å². The van der Waals surface area contributed by atoms with Crippen molar-refractivity contribution in [3.05, 3.63) is 51.1 Å². The van der Waals surface area contributed by atoms with Crippen molar-refractivity contribution in [3.63, 3.8) is 0 Å². The minimum Gasteiger partial charge on any atom is -0.462 e. The van der Waals surface area contributed by atoms with Gasteiger partial charge < -0.3 is 9.47 Å². The maximum absolute atomic E-state index is 13.3. The minimum absolute atomic E-state index is 0.0245. The van der Waals surface area contributed by atoms with Gasteiger partial charge in [0.2, 0.25) is 5.88 Å². The van der Waals surface area contributed by atoms with Gasteiger partial charge in [-0.05, 0) is 31.2 Å². The fraction of sp³-hybridized carbons (Fsp3) is 0.188. The number of carbonyl (C=O) groups is 1. The average Bonchev–Trinajstić information content (AvgIpc) is 2.52. The van der Waals surface area contributed by atoms with E-state index in [1.807, 2.05) is 0 Å². The van der Waals surface area contributed by atoms with Crippen LogP contribution in [0.2, 0.25) is 10.0 Å². The molecule has 0 amide bonds. The highest BCUT2D eigenvalue weighted by molar-refractivity contribution is 6.34. The van der Waals surface area contributed by atoms with Gasteiger partial charge in [0.15, 0.2) is 5.69 Å². The topological polar surface area (TPSA) is 72.2 Å². The molecule has 0 N–H and O–H groups in total. The molecule has 26 heavy (non-hydrogen) atoms. The molecule has 0 aliphatic rings. The second-order valence-electron chi connectivity index (χ2n) is 4.77. The molecule has 0 radical (unpaired) electrons. The summed E-state index contributed by atoms with van der Waals surface area (Å²) in [5, 5.41) is 9.52.